The molecule has 0 bridgehead atoms. The summed E-state index contributed by atoms with van der Waals surface area (Å²) in [5.41, 5.74) is 3.02. The van der Waals surface area contributed by atoms with Crippen molar-refractivity contribution in [2.45, 2.75) is 19.4 Å². The number of nitro benzene ring substituents is 1. The van der Waals surface area contributed by atoms with Gasteiger partial charge in [0.05, 0.1) is 21.7 Å². The van der Waals surface area contributed by atoms with Gasteiger partial charge in [-0.25, -0.2) is 5.43 Å². The molecule has 0 aromatic heterocycles. The quantitative estimate of drug-likeness (QED) is 0.327. The highest BCUT2D eigenvalue weighted by molar-refractivity contribution is 8.00. The summed E-state index contributed by atoms with van der Waals surface area (Å²) in [5.74, 6) is 5.09. The first-order valence-corrected chi connectivity index (χ1v) is 7.87. The summed E-state index contributed by atoms with van der Waals surface area (Å²) < 4.78 is 2.61. The Labute approximate surface area is 143 Å². The maximum absolute atomic E-state index is 12.3. The number of nitrogens with one attached hydrogen (secondary N) is 2. The van der Waals surface area contributed by atoms with Crippen LogP contribution in [0.25, 0.3) is 0 Å². The minimum atomic E-state index is -0.605. The maximum Gasteiger partial charge on any atom is 0.270 e. The molecule has 0 fully saturated rings. The second-order valence-corrected chi connectivity index (χ2v) is 6.04. The highest BCUT2D eigenvalue weighted by Crippen LogP contribution is 2.26. The van der Waals surface area contributed by atoms with Gasteiger partial charge in [0.15, 0.2) is 0 Å². The molecule has 1 unspecified atom stereocenters. The first kappa shape index (κ1) is 17.9. The summed E-state index contributed by atoms with van der Waals surface area (Å²) in [6.07, 6.45) is 5.37. The number of hydrogen-bond acceptors (Lipinski definition) is 7. The SMILES string of the molecule is CC1=Nc2ccc([N+](=O)[O-])cc2C(=O)NS/C=C\C(C)(NN)/C=C\1. The van der Waals surface area contributed by atoms with Crippen molar-refractivity contribution in [2.24, 2.45) is 10.8 Å². The van der Waals surface area contributed by atoms with Crippen LogP contribution < -0.4 is 16.0 Å². The van der Waals surface area contributed by atoms with Crippen LogP contribution >= 0.6 is 11.9 Å². The number of aliphatic imine (C=N–C) groups is 1. The van der Waals surface area contributed by atoms with Gasteiger partial charge in [-0.1, -0.05) is 12.2 Å². The Bertz CT molecular complexity index is 759. The van der Waals surface area contributed by atoms with Crippen LogP contribution in [0, 0.1) is 10.1 Å². The molecule has 0 spiro atoms. The van der Waals surface area contributed by atoms with E-state index >= 15 is 0 Å². The van der Waals surface area contributed by atoms with Crippen LogP contribution in [0.1, 0.15) is 24.2 Å². The second kappa shape index (κ2) is 7.39. The zero-order valence-electron chi connectivity index (χ0n) is 13.1. The molecule has 0 radical (unpaired) electrons. The van der Waals surface area contributed by atoms with E-state index in [-0.39, 0.29) is 11.3 Å². The van der Waals surface area contributed by atoms with E-state index in [1.54, 1.807) is 24.5 Å². The first-order valence-electron chi connectivity index (χ1n) is 6.99. The Morgan fingerprint density at radius 1 is 1.42 bits per heavy atom. The summed E-state index contributed by atoms with van der Waals surface area (Å²) in [6, 6.07) is 3.99. The van der Waals surface area contributed by atoms with Gasteiger partial charge < -0.3 is 0 Å². The predicted octanol–water partition coefficient (Wildman–Crippen LogP) is 2.37. The number of benzene rings is 1. The number of nitrogens with zero attached hydrogens (tertiary/aromatic N) is 2. The van der Waals surface area contributed by atoms with Gasteiger partial charge in [-0.15, -0.1) is 0 Å². The van der Waals surface area contributed by atoms with E-state index in [1.165, 1.54) is 18.2 Å². The number of rotatable bonds is 2. The predicted molar refractivity (Wildman–Crippen MR) is 94.9 cm³/mol. The molecule has 0 saturated carbocycles. The van der Waals surface area contributed by atoms with Crippen LogP contribution in [0.4, 0.5) is 11.4 Å². The van der Waals surface area contributed by atoms with Gasteiger partial charge in [0.2, 0.25) is 0 Å². The molecule has 126 valence electrons. The molecule has 1 aliphatic heterocycles. The fourth-order valence-corrected chi connectivity index (χ4v) is 2.54. The van der Waals surface area contributed by atoms with Crippen molar-refractivity contribution >= 4 is 34.9 Å². The maximum atomic E-state index is 12.3. The van der Waals surface area contributed by atoms with Crippen molar-refractivity contribution in [2.75, 3.05) is 0 Å². The van der Waals surface area contributed by atoms with Crippen LogP contribution in [0.3, 0.4) is 0 Å². The van der Waals surface area contributed by atoms with Gasteiger partial charge >= 0.3 is 0 Å². The van der Waals surface area contributed by atoms with Crippen molar-refractivity contribution in [1.82, 2.24) is 10.1 Å². The van der Waals surface area contributed by atoms with Crippen LogP contribution in [0.2, 0.25) is 0 Å². The lowest BCUT2D eigenvalue weighted by Crippen LogP contribution is -2.43. The molecule has 0 aliphatic carbocycles. The topological polar surface area (TPSA) is 123 Å². The van der Waals surface area contributed by atoms with Gasteiger partial charge in [-0.2, -0.15) is 0 Å². The Balaban J connectivity index is 2.53. The van der Waals surface area contributed by atoms with Crippen molar-refractivity contribution in [3.05, 3.63) is 57.5 Å². The summed E-state index contributed by atoms with van der Waals surface area (Å²) in [6.45, 7) is 3.62. The molecule has 4 N–H and O–H groups in total. The molecule has 9 heteroatoms. The van der Waals surface area contributed by atoms with Crippen molar-refractivity contribution in [1.29, 1.82) is 0 Å². The van der Waals surface area contributed by atoms with Gasteiger partial charge in [0.1, 0.15) is 0 Å². The Morgan fingerprint density at radius 2 is 2.17 bits per heavy atom. The molecular formula is C15H17N5O3S. The first-order chi connectivity index (χ1) is 11.3. The number of amides is 1. The number of allylic oxidation sites excluding steroid dienone is 1. The second-order valence-electron chi connectivity index (χ2n) is 5.32. The Morgan fingerprint density at radius 3 is 2.83 bits per heavy atom. The van der Waals surface area contributed by atoms with Gasteiger partial charge in [-0.05, 0) is 43.3 Å². The number of nitrogens with two attached hydrogens (primary N) is 1. The Hall–Kier alpha value is -2.49. The lowest BCUT2D eigenvalue weighted by Gasteiger charge is -2.20. The highest BCUT2D eigenvalue weighted by atomic mass is 32.2. The summed E-state index contributed by atoms with van der Waals surface area (Å²) in [4.78, 5) is 27.1. The molecule has 24 heavy (non-hydrogen) atoms. The number of carbonyl (C=O) groups excluding carboxylic acids is 1. The van der Waals surface area contributed by atoms with Crippen molar-refractivity contribution < 1.29 is 9.72 Å². The lowest BCUT2D eigenvalue weighted by atomic mass is 10.0. The number of nitro groups is 1. The van der Waals surface area contributed by atoms with E-state index in [4.69, 9.17) is 5.84 Å². The molecule has 1 aromatic carbocycles. The van der Waals surface area contributed by atoms with Gasteiger partial charge in [-0.3, -0.25) is 30.5 Å². The smallest absolute Gasteiger partial charge is 0.270 e. The molecule has 1 amide bonds. The number of fused-ring (bicyclic) bond motifs is 1. The fraction of sp³-hybridized carbons (Fsp3) is 0.200. The van der Waals surface area contributed by atoms with Crippen LogP contribution in [-0.2, 0) is 0 Å². The molecule has 0 saturated heterocycles. The van der Waals surface area contributed by atoms with Crippen molar-refractivity contribution in [3.63, 3.8) is 0 Å². The Kier molecular flexibility index (Phi) is 5.50. The summed E-state index contributed by atoms with van der Waals surface area (Å²) in [7, 11) is 0. The van der Waals surface area contributed by atoms with E-state index in [0.717, 1.165) is 11.9 Å². The molecule has 1 aliphatic rings. The highest BCUT2D eigenvalue weighted by Gasteiger charge is 2.18. The summed E-state index contributed by atoms with van der Waals surface area (Å²) >= 11 is 1.04. The molecule has 2 rings (SSSR count). The number of hydrogen-bond donors (Lipinski definition) is 3. The van der Waals surface area contributed by atoms with Gasteiger partial charge in [0.25, 0.3) is 11.6 Å². The monoisotopic (exact) mass is 347 g/mol. The van der Waals surface area contributed by atoms with E-state index in [2.05, 4.69) is 15.1 Å². The zero-order valence-corrected chi connectivity index (χ0v) is 14.0. The van der Waals surface area contributed by atoms with E-state index in [9.17, 15) is 14.9 Å². The fourth-order valence-electron chi connectivity index (χ4n) is 1.91. The third-order valence-corrected chi connectivity index (χ3v) is 3.92. The van der Waals surface area contributed by atoms with Crippen molar-refractivity contribution in [3.8, 4) is 0 Å². The number of carbonyl (C=O) groups is 1. The van der Waals surface area contributed by atoms with E-state index in [1.807, 2.05) is 13.0 Å². The van der Waals surface area contributed by atoms with Crippen LogP contribution in [0.5, 0.6) is 0 Å². The van der Waals surface area contributed by atoms with Crippen LogP contribution in [0.15, 0.2) is 46.8 Å². The standard InChI is InChI=1S/C15H17N5O3S/c1-10-5-6-15(2,19-16)7-8-24-18-14(21)12-9-11(20(22)23)3-4-13(12)17-10/h3-9,19H,16H2,1-2H3,(H,18,21)/b6-5-,8-7-,17-10?. The minimum Gasteiger partial charge on any atom is -0.292 e. The number of hydrazine groups is 1. The third-order valence-electron chi connectivity index (χ3n) is 3.35. The average molecular weight is 347 g/mol. The largest absolute Gasteiger partial charge is 0.292 e. The zero-order chi connectivity index (χ0) is 17.7. The van der Waals surface area contributed by atoms with E-state index < -0.39 is 16.4 Å². The molecule has 8 nitrogen and oxygen atoms in total. The molecular weight excluding hydrogens is 330 g/mol. The number of non-ortho nitro benzene ring substituents is 1. The molecule has 1 heterocycles. The molecule has 1 atom stereocenters. The lowest BCUT2D eigenvalue weighted by molar-refractivity contribution is -0.384. The van der Waals surface area contributed by atoms with Gasteiger partial charge in [0, 0.05) is 17.8 Å². The normalized spacial score (nSPS) is 23.8. The summed E-state index contributed by atoms with van der Waals surface area (Å²) in [5, 5.41) is 12.6. The van der Waals surface area contributed by atoms with E-state index in [0.29, 0.717) is 11.4 Å². The minimum absolute atomic E-state index is 0.137. The molecule has 1 aromatic rings. The average Bonchev–Trinajstić information content (AvgIpc) is 2.56. The van der Waals surface area contributed by atoms with Crippen LogP contribution in [-0.4, -0.2) is 22.1 Å². The third kappa shape index (κ3) is 4.28.